The summed E-state index contributed by atoms with van der Waals surface area (Å²) in [6.45, 7) is 2.88. The van der Waals surface area contributed by atoms with Gasteiger partial charge in [-0.2, -0.15) is 0 Å². The largest absolute Gasteiger partial charge is 0.466 e. The van der Waals surface area contributed by atoms with Gasteiger partial charge in [0.05, 0.1) is 25.2 Å². The zero-order chi connectivity index (χ0) is 21.8. The third kappa shape index (κ3) is 8.58. The Kier molecular flexibility index (Phi) is 11.1. The monoisotopic (exact) mass is 434 g/mol. The van der Waals surface area contributed by atoms with Crippen molar-refractivity contribution in [2.75, 3.05) is 13.2 Å². The first kappa shape index (κ1) is 24.6. The summed E-state index contributed by atoms with van der Waals surface area (Å²) >= 11 is 0. The van der Waals surface area contributed by atoms with Gasteiger partial charge in [-0.15, -0.1) is 0 Å². The number of nitrogens with two attached hydrogens (primary N) is 1. The Balaban J connectivity index is 1.88. The fourth-order valence-corrected chi connectivity index (χ4v) is 4.08. The van der Waals surface area contributed by atoms with Crippen molar-refractivity contribution in [2.24, 2.45) is 17.6 Å². The van der Waals surface area contributed by atoms with Crippen LogP contribution in [0.25, 0.3) is 0 Å². The molecule has 30 heavy (non-hydrogen) atoms. The molecule has 0 aliphatic heterocycles. The number of carbonyl (C=O) groups excluding carboxylic acids is 2. The summed E-state index contributed by atoms with van der Waals surface area (Å²) in [5, 5.41) is 2.94. The maximum absolute atomic E-state index is 12.5. The molecule has 2 rings (SSSR count). The normalized spacial score (nSPS) is 17.8. The first-order valence-corrected chi connectivity index (χ1v) is 12.8. The van der Waals surface area contributed by atoms with Gasteiger partial charge in [-0.3, -0.25) is 9.59 Å². The average Bonchev–Trinajstić information content (AvgIpc) is 2.78. The van der Waals surface area contributed by atoms with Crippen LogP contribution in [0.5, 0.6) is 0 Å². The van der Waals surface area contributed by atoms with Gasteiger partial charge in [-0.25, -0.2) is 0 Å². The molecule has 1 aromatic rings. The van der Waals surface area contributed by atoms with E-state index >= 15 is 0 Å². The number of esters is 1. The molecule has 0 bridgehead atoms. The fourth-order valence-electron chi connectivity index (χ4n) is 3.87. The zero-order valence-electron chi connectivity index (χ0n) is 18.5. The molecule has 1 aromatic carbocycles. The predicted molar refractivity (Wildman–Crippen MR) is 122 cm³/mol. The van der Waals surface area contributed by atoms with Crippen LogP contribution in [-0.4, -0.2) is 47.4 Å². The Morgan fingerprint density at radius 3 is 2.57 bits per heavy atom. The van der Waals surface area contributed by atoms with Crippen molar-refractivity contribution in [3.63, 3.8) is 0 Å². The first-order chi connectivity index (χ1) is 14.5. The molecular formula is C23H38N2O4Si. The van der Waals surface area contributed by atoms with Crippen LogP contribution in [0.2, 0.25) is 6.04 Å². The number of nitrogens with one attached hydrogen (secondary N) is 1. The number of ether oxygens (including phenoxy) is 2. The molecule has 0 radical (unpaired) electrons. The number of hydrogen-bond acceptors (Lipinski definition) is 5. The van der Waals surface area contributed by atoms with Crippen molar-refractivity contribution < 1.29 is 19.1 Å². The van der Waals surface area contributed by atoms with E-state index in [4.69, 9.17) is 15.2 Å². The zero-order valence-corrected chi connectivity index (χ0v) is 20.5. The van der Waals surface area contributed by atoms with Gasteiger partial charge < -0.3 is 20.5 Å². The summed E-state index contributed by atoms with van der Waals surface area (Å²) in [5.41, 5.74) is 7.31. The molecule has 6 nitrogen and oxygen atoms in total. The lowest BCUT2D eigenvalue weighted by Crippen LogP contribution is -2.43. The second kappa shape index (κ2) is 13.6. The molecule has 1 aliphatic rings. The van der Waals surface area contributed by atoms with Crippen molar-refractivity contribution in [2.45, 2.75) is 70.2 Å². The molecule has 3 N–H and O–H groups in total. The van der Waals surface area contributed by atoms with E-state index in [2.05, 4.69) is 5.32 Å². The van der Waals surface area contributed by atoms with Gasteiger partial charge in [-0.05, 0) is 37.3 Å². The lowest BCUT2D eigenvalue weighted by atomic mass is 9.83. The molecule has 0 saturated heterocycles. The van der Waals surface area contributed by atoms with Crippen LogP contribution in [0.4, 0.5) is 0 Å². The Bertz CT molecular complexity index is 637. The van der Waals surface area contributed by atoms with Crippen molar-refractivity contribution in [1.82, 2.24) is 5.32 Å². The summed E-state index contributed by atoms with van der Waals surface area (Å²) < 4.78 is 11.3. The van der Waals surface area contributed by atoms with Crippen LogP contribution in [0.3, 0.4) is 0 Å². The molecule has 168 valence electrons. The molecule has 1 saturated carbocycles. The van der Waals surface area contributed by atoms with Gasteiger partial charge >= 0.3 is 5.97 Å². The van der Waals surface area contributed by atoms with Crippen molar-refractivity contribution in [3.8, 4) is 0 Å². The number of carbonyl (C=O) groups is 2. The molecule has 0 spiro atoms. The van der Waals surface area contributed by atoms with E-state index in [1.807, 2.05) is 30.3 Å². The SMILES string of the molecule is C[C@@H](C(=O)OCC[SiH3])C(CNC(=O)CC(N)C1CCCCC1)OCc1ccccc1. The van der Waals surface area contributed by atoms with Gasteiger partial charge in [0.1, 0.15) is 0 Å². The molecular weight excluding hydrogens is 396 g/mol. The van der Waals surface area contributed by atoms with Gasteiger partial charge in [0.2, 0.25) is 5.91 Å². The highest BCUT2D eigenvalue weighted by atomic mass is 28.1. The predicted octanol–water partition coefficient (Wildman–Crippen LogP) is 1.95. The van der Waals surface area contributed by atoms with Gasteiger partial charge in [-0.1, -0.05) is 49.6 Å². The molecule has 1 fully saturated rings. The summed E-state index contributed by atoms with van der Waals surface area (Å²) in [7, 11) is 0.994. The van der Waals surface area contributed by atoms with Gasteiger partial charge in [0.15, 0.2) is 0 Å². The van der Waals surface area contributed by atoms with Crippen LogP contribution in [0.15, 0.2) is 30.3 Å². The number of rotatable bonds is 12. The van der Waals surface area contributed by atoms with E-state index in [0.717, 1.165) is 34.7 Å². The van der Waals surface area contributed by atoms with Gasteiger partial charge in [0, 0.05) is 29.2 Å². The highest BCUT2D eigenvalue weighted by Crippen LogP contribution is 2.26. The number of hydrogen-bond donors (Lipinski definition) is 2. The number of benzene rings is 1. The van der Waals surface area contributed by atoms with Crippen LogP contribution < -0.4 is 11.1 Å². The lowest BCUT2D eigenvalue weighted by molar-refractivity contribution is -0.153. The van der Waals surface area contributed by atoms with Crippen LogP contribution in [0, 0.1) is 11.8 Å². The Hall–Kier alpha value is -1.70. The molecule has 0 heterocycles. The Labute approximate surface area is 183 Å². The minimum absolute atomic E-state index is 0.0819. The Morgan fingerprint density at radius 1 is 1.20 bits per heavy atom. The standard InChI is InChI=1S/C23H38N2O4Si/c1-17(23(27)28-12-13-30)21(29-16-18-8-4-2-5-9-18)15-25-22(26)14-20(24)19-10-6-3-7-11-19/h2,4-5,8-9,17,19-21H,3,6-7,10-16,24H2,1,30H3,(H,25,26)/t17-,20?,21?/m1/s1. The summed E-state index contributed by atoms with van der Waals surface area (Å²) in [6.07, 6.45) is 5.76. The summed E-state index contributed by atoms with van der Waals surface area (Å²) in [4.78, 5) is 24.8. The molecule has 1 aliphatic carbocycles. The fraction of sp³-hybridized carbons (Fsp3) is 0.652. The maximum Gasteiger partial charge on any atom is 0.311 e. The van der Waals surface area contributed by atoms with Crippen molar-refractivity contribution >= 4 is 22.1 Å². The molecule has 1 amide bonds. The van der Waals surface area contributed by atoms with Crippen molar-refractivity contribution in [1.29, 1.82) is 0 Å². The van der Waals surface area contributed by atoms with E-state index in [9.17, 15) is 9.59 Å². The van der Waals surface area contributed by atoms with E-state index in [1.54, 1.807) is 6.92 Å². The molecule has 0 aromatic heterocycles. The highest BCUT2D eigenvalue weighted by molar-refractivity contribution is 6.08. The third-order valence-corrected chi connectivity index (χ3v) is 6.27. The topological polar surface area (TPSA) is 90.7 Å². The van der Waals surface area contributed by atoms with E-state index in [0.29, 0.717) is 25.6 Å². The summed E-state index contributed by atoms with van der Waals surface area (Å²) in [5.74, 6) is -0.394. The van der Waals surface area contributed by atoms with E-state index in [-0.39, 0.29) is 24.5 Å². The second-order valence-corrected chi connectivity index (χ2v) is 9.36. The van der Waals surface area contributed by atoms with E-state index < -0.39 is 12.0 Å². The third-order valence-electron chi connectivity index (χ3n) is 5.86. The Morgan fingerprint density at radius 2 is 1.90 bits per heavy atom. The van der Waals surface area contributed by atoms with Crippen LogP contribution >= 0.6 is 0 Å². The van der Waals surface area contributed by atoms with Gasteiger partial charge in [0.25, 0.3) is 0 Å². The summed E-state index contributed by atoms with van der Waals surface area (Å²) in [6, 6.07) is 10.6. The highest BCUT2D eigenvalue weighted by Gasteiger charge is 2.28. The maximum atomic E-state index is 12.5. The number of amides is 1. The molecule has 3 atom stereocenters. The smallest absolute Gasteiger partial charge is 0.311 e. The molecule has 7 heteroatoms. The lowest BCUT2D eigenvalue weighted by Gasteiger charge is -2.28. The minimum Gasteiger partial charge on any atom is -0.466 e. The first-order valence-electron chi connectivity index (χ1n) is 11.4. The second-order valence-electron chi connectivity index (χ2n) is 8.36. The van der Waals surface area contributed by atoms with E-state index in [1.165, 1.54) is 19.3 Å². The quantitative estimate of drug-likeness (QED) is 0.388. The average molecular weight is 435 g/mol. The van der Waals surface area contributed by atoms with Crippen molar-refractivity contribution in [3.05, 3.63) is 35.9 Å². The van der Waals surface area contributed by atoms with Crippen LogP contribution in [0.1, 0.15) is 51.0 Å². The minimum atomic E-state index is -0.464. The molecule has 2 unspecified atom stereocenters. The van der Waals surface area contributed by atoms with Crippen LogP contribution in [-0.2, 0) is 25.7 Å².